The molecule has 1 aromatic heterocycles. The fourth-order valence-electron chi connectivity index (χ4n) is 2.74. The summed E-state index contributed by atoms with van der Waals surface area (Å²) in [5, 5.41) is 1.92. The maximum Gasteiger partial charge on any atom is 0.174 e. The van der Waals surface area contributed by atoms with E-state index in [0.29, 0.717) is 0 Å². The van der Waals surface area contributed by atoms with Gasteiger partial charge in [0.15, 0.2) is 5.16 Å². The molecule has 0 radical (unpaired) electrons. The number of hydrogen-bond acceptors (Lipinski definition) is 3. The van der Waals surface area contributed by atoms with Crippen molar-refractivity contribution in [1.82, 2.24) is 9.55 Å². The van der Waals surface area contributed by atoms with E-state index in [-0.39, 0.29) is 0 Å². The molecule has 4 heteroatoms. The lowest BCUT2D eigenvalue weighted by molar-refractivity contribution is 0.838. The minimum atomic E-state index is 0.798. The van der Waals surface area contributed by atoms with Crippen LogP contribution in [0.15, 0.2) is 90.1 Å². The summed E-state index contributed by atoms with van der Waals surface area (Å²) in [7, 11) is 0. The zero-order chi connectivity index (χ0) is 17.1. The normalized spacial score (nSPS) is 10.9. The molecule has 3 aromatic carbocycles. The second-order valence-corrected chi connectivity index (χ2v) is 6.99. The maximum absolute atomic E-state index is 5.80. The Morgan fingerprint density at radius 2 is 1.44 bits per heavy atom. The molecule has 0 atom stereocenters. The average molecular weight is 361 g/mol. The molecule has 0 saturated heterocycles. The molecule has 4 aromatic rings. The number of rotatable bonds is 4. The molecule has 1 heterocycles. The van der Waals surface area contributed by atoms with Gasteiger partial charge in [-0.1, -0.05) is 84.6 Å². The fraction of sp³-hybridized carbons (Fsp3) is 0.0476. The van der Waals surface area contributed by atoms with Crippen molar-refractivity contribution in [3.63, 3.8) is 0 Å². The molecule has 0 aliphatic rings. The summed E-state index contributed by atoms with van der Waals surface area (Å²) in [4.78, 5) is 4.89. The number of nitrogens with zero attached hydrogens (tertiary/aromatic N) is 2. The van der Waals surface area contributed by atoms with Crippen molar-refractivity contribution in [2.75, 3.05) is 0 Å². The standard InChI is InChI=1S/C21H16N2S2/c24-20-18-13-7-8-14-19(18)22-21(23(20)17-11-5-2-6-12-17)25-15-16-9-3-1-4-10-16/h1-14H,15H2. The van der Waals surface area contributed by atoms with Crippen molar-refractivity contribution in [3.05, 3.63) is 95.1 Å². The van der Waals surface area contributed by atoms with Crippen LogP contribution in [0.5, 0.6) is 0 Å². The first-order valence-corrected chi connectivity index (χ1v) is 9.46. The van der Waals surface area contributed by atoms with Gasteiger partial charge < -0.3 is 0 Å². The largest absolute Gasteiger partial charge is 0.279 e. The number of benzene rings is 3. The van der Waals surface area contributed by atoms with E-state index in [0.717, 1.165) is 32.1 Å². The molecule has 25 heavy (non-hydrogen) atoms. The van der Waals surface area contributed by atoms with E-state index in [9.17, 15) is 0 Å². The Bertz CT molecular complexity index is 1060. The molecular weight excluding hydrogens is 344 g/mol. The molecule has 2 nitrogen and oxygen atoms in total. The van der Waals surface area contributed by atoms with Gasteiger partial charge in [-0.05, 0) is 29.8 Å². The molecule has 0 aliphatic heterocycles. The molecule has 0 saturated carbocycles. The van der Waals surface area contributed by atoms with Crippen molar-refractivity contribution in [2.24, 2.45) is 0 Å². The highest BCUT2D eigenvalue weighted by Gasteiger charge is 2.11. The van der Waals surface area contributed by atoms with Crippen LogP contribution in [0, 0.1) is 4.64 Å². The van der Waals surface area contributed by atoms with E-state index < -0.39 is 0 Å². The third-order valence-electron chi connectivity index (χ3n) is 3.97. The molecule has 0 spiro atoms. The predicted molar refractivity (Wildman–Crippen MR) is 108 cm³/mol. The smallest absolute Gasteiger partial charge is 0.174 e. The van der Waals surface area contributed by atoms with E-state index in [2.05, 4.69) is 41.0 Å². The lowest BCUT2D eigenvalue weighted by Crippen LogP contribution is -2.04. The molecule has 0 unspecified atom stereocenters. The average Bonchev–Trinajstić information content (AvgIpc) is 2.68. The van der Waals surface area contributed by atoms with Crippen LogP contribution in [0.2, 0.25) is 0 Å². The predicted octanol–water partition coefficient (Wildman–Crippen LogP) is 6.05. The van der Waals surface area contributed by atoms with Crippen LogP contribution >= 0.6 is 24.0 Å². The van der Waals surface area contributed by atoms with E-state index >= 15 is 0 Å². The van der Waals surface area contributed by atoms with Crippen LogP contribution in [0.4, 0.5) is 0 Å². The summed E-state index contributed by atoms with van der Waals surface area (Å²) in [5.74, 6) is 0.855. The summed E-state index contributed by atoms with van der Waals surface area (Å²) < 4.78 is 2.87. The molecule has 0 aliphatic carbocycles. The summed E-state index contributed by atoms with van der Waals surface area (Å²) in [6, 6.07) is 28.7. The summed E-state index contributed by atoms with van der Waals surface area (Å²) in [6.45, 7) is 0. The summed E-state index contributed by atoms with van der Waals surface area (Å²) in [5.41, 5.74) is 3.25. The second-order valence-electron chi connectivity index (χ2n) is 5.66. The Morgan fingerprint density at radius 1 is 0.800 bits per heavy atom. The van der Waals surface area contributed by atoms with Crippen LogP contribution in [-0.4, -0.2) is 9.55 Å². The van der Waals surface area contributed by atoms with Gasteiger partial charge in [-0.25, -0.2) is 4.98 Å². The molecule has 4 rings (SSSR count). The lowest BCUT2D eigenvalue weighted by Gasteiger charge is -2.14. The van der Waals surface area contributed by atoms with Gasteiger partial charge in [0, 0.05) is 16.8 Å². The fourth-order valence-corrected chi connectivity index (χ4v) is 4.14. The first-order chi connectivity index (χ1) is 12.3. The van der Waals surface area contributed by atoms with Crippen molar-refractivity contribution < 1.29 is 0 Å². The minimum Gasteiger partial charge on any atom is -0.279 e. The number of thioether (sulfide) groups is 1. The Balaban J connectivity index is 1.85. The van der Waals surface area contributed by atoms with Gasteiger partial charge in [0.1, 0.15) is 4.64 Å². The van der Waals surface area contributed by atoms with E-state index in [1.165, 1.54) is 5.56 Å². The number of fused-ring (bicyclic) bond motifs is 1. The van der Waals surface area contributed by atoms with Crippen LogP contribution in [0.3, 0.4) is 0 Å². The van der Waals surface area contributed by atoms with Crippen molar-refractivity contribution in [3.8, 4) is 5.69 Å². The SMILES string of the molecule is S=c1c2ccccc2nc(SCc2ccccc2)n1-c1ccccc1. The lowest BCUT2D eigenvalue weighted by atomic mass is 10.2. The molecule has 122 valence electrons. The maximum atomic E-state index is 5.80. The van der Waals surface area contributed by atoms with Crippen LogP contribution < -0.4 is 0 Å². The quantitative estimate of drug-likeness (QED) is 0.251. The highest BCUT2D eigenvalue weighted by molar-refractivity contribution is 7.98. The third-order valence-corrected chi connectivity index (χ3v) is 5.38. The van der Waals surface area contributed by atoms with Gasteiger partial charge in [-0.3, -0.25) is 4.57 Å². The van der Waals surface area contributed by atoms with Crippen LogP contribution in [0.1, 0.15) is 5.56 Å². The van der Waals surface area contributed by atoms with Gasteiger partial charge in [-0.15, -0.1) is 0 Å². The van der Waals surface area contributed by atoms with Crippen LogP contribution in [-0.2, 0) is 5.75 Å². The minimum absolute atomic E-state index is 0.798. The first-order valence-electron chi connectivity index (χ1n) is 8.07. The number of hydrogen-bond donors (Lipinski definition) is 0. The third kappa shape index (κ3) is 3.36. The molecule has 0 bridgehead atoms. The van der Waals surface area contributed by atoms with Crippen molar-refractivity contribution >= 4 is 34.9 Å². The van der Waals surface area contributed by atoms with Gasteiger partial charge in [0.05, 0.1) is 5.52 Å². The van der Waals surface area contributed by atoms with Gasteiger partial charge >= 0.3 is 0 Å². The Kier molecular flexibility index (Phi) is 4.63. The van der Waals surface area contributed by atoms with E-state index in [1.54, 1.807) is 11.8 Å². The molecule has 0 fully saturated rings. The monoisotopic (exact) mass is 360 g/mol. The zero-order valence-corrected chi connectivity index (χ0v) is 15.1. The second kappa shape index (κ2) is 7.21. The number of aromatic nitrogens is 2. The Hall–Kier alpha value is -2.43. The van der Waals surface area contributed by atoms with Crippen molar-refractivity contribution in [2.45, 2.75) is 10.9 Å². The van der Waals surface area contributed by atoms with Gasteiger partial charge in [0.25, 0.3) is 0 Å². The van der Waals surface area contributed by atoms with Gasteiger partial charge in [0.2, 0.25) is 0 Å². The van der Waals surface area contributed by atoms with Crippen molar-refractivity contribution in [1.29, 1.82) is 0 Å². The molecular formula is C21H16N2S2. The Labute approximate surface area is 156 Å². The van der Waals surface area contributed by atoms with Crippen LogP contribution in [0.25, 0.3) is 16.6 Å². The highest BCUT2D eigenvalue weighted by atomic mass is 32.2. The summed E-state index contributed by atoms with van der Waals surface area (Å²) in [6.07, 6.45) is 0. The molecule has 0 amide bonds. The van der Waals surface area contributed by atoms with Gasteiger partial charge in [-0.2, -0.15) is 0 Å². The van der Waals surface area contributed by atoms with E-state index in [4.69, 9.17) is 17.2 Å². The topological polar surface area (TPSA) is 17.8 Å². The zero-order valence-electron chi connectivity index (χ0n) is 13.5. The molecule has 0 N–H and O–H groups in total. The van der Waals surface area contributed by atoms with E-state index in [1.807, 2.05) is 48.5 Å². The Morgan fingerprint density at radius 3 is 2.20 bits per heavy atom. The first kappa shape index (κ1) is 16.1. The highest BCUT2D eigenvalue weighted by Crippen LogP contribution is 2.27. The number of para-hydroxylation sites is 2. The summed E-state index contributed by atoms with van der Waals surface area (Å²) >= 11 is 7.51.